The summed E-state index contributed by atoms with van der Waals surface area (Å²) in [6, 6.07) is 22.8. The van der Waals surface area contributed by atoms with Gasteiger partial charge in [-0.25, -0.2) is 19.9 Å². The van der Waals surface area contributed by atoms with Gasteiger partial charge in [0, 0.05) is 255 Å². The summed E-state index contributed by atoms with van der Waals surface area (Å²) in [5.41, 5.74) is 19.1. The van der Waals surface area contributed by atoms with Gasteiger partial charge in [-0.3, -0.25) is 28.8 Å². The van der Waals surface area contributed by atoms with Crippen LogP contribution in [0.25, 0.3) is 44.3 Å². The zero-order valence-electron chi connectivity index (χ0n) is 53.9. The Balaban J connectivity index is 0.000000168. The molecule has 6 aromatic heterocycles. The molecule has 0 spiro atoms. The van der Waals surface area contributed by atoms with Crippen LogP contribution in [0.15, 0.2) is 97.6 Å². The summed E-state index contributed by atoms with van der Waals surface area (Å²) in [4.78, 5) is 94.3. The van der Waals surface area contributed by atoms with Gasteiger partial charge in [0.05, 0.1) is 41.0 Å². The minimum atomic E-state index is -0.971. The van der Waals surface area contributed by atoms with E-state index in [1.807, 2.05) is 93.0 Å². The molecule has 6 aliphatic rings. The van der Waals surface area contributed by atoms with Gasteiger partial charge in [0.1, 0.15) is 42.4 Å². The second-order valence-electron chi connectivity index (χ2n) is 23.8. The molecule has 4 unspecified atom stereocenters. The fourth-order valence-corrected chi connectivity index (χ4v) is 38.5. The number of likely N-dealkylation sites (tertiary alicyclic amines) is 1. The molecule has 4 bridgehead atoms. The van der Waals surface area contributed by atoms with E-state index in [0.29, 0.717) is 51.0 Å². The largest absolute Gasteiger partial charge is 0.480 e. The van der Waals surface area contributed by atoms with Crippen LogP contribution < -0.4 is 27.4 Å². The SMILES string of the molecule is Cc1cccc(NC(=O)[C@@H]2C3CCC(C3)N2C(=O)Cn2cc(C(N)=O)c3cc(-c4cnc5n4CCCC5)ccc32)n1.Cc1cccc(NC(=O)[C@H]2NC3CCC2C3)n1.Cl.NC(=O)c1cn(CC(=O)O)c2ccc(-c3cnc4n3CCCC4)cc12.S=S=S=S=S=S=S=S.S=S=S=S=S=S=S=S=S. The first kappa shape index (κ1) is 80.2. The standard InChI is InChI=1S/C31H33N7O3.C18H18N4O3.C13H17N3O.ClH.S9.S8/c1-18-5-4-6-26(34-18)35-31(41)29-20-8-10-21(13-20)38(29)28(39)17-36-16-23(30(32)40)22-14-19(9-11-24(22)36)25-15-33-27-7-2-3-12-37(25)27;19-18(25)13-9-21(10-17(23)24)14-5-4-11(7-12(13)14)15-8-20-16-3-1-2-6-22(15)16;1-8-3-2-4-11(14-8)16-13(17)12-9-5-6-10(7-9)15-12;;1-3-5-7-9-8-6-4-2;1-3-5-7-8-6-4-2/h4-6,9,11,14-16,20-21,29H,2-3,7-8,10,12-13,17H2,1H3,(H2,32,40)(H,34,35,41);4-5,7-9H,1-3,6,10H2,(H2,19,25)(H,23,24);2-4,9-10,12,15H,5-7H2,1H3,(H,14,16,17);1H;;/t20?,21?,29-;;9?,10?,12-;;;/m0.0.../s1. The molecule has 39 heteroatoms. The normalized spacial score (nSPS) is 18.3. The van der Waals surface area contributed by atoms with Crippen LogP contribution in [0.2, 0.25) is 0 Å². The molecule has 4 fully saturated rings. The number of aliphatic carboxylic acids is 1. The second-order valence-corrected chi connectivity index (χ2v) is 46.8. The van der Waals surface area contributed by atoms with Crippen molar-refractivity contribution in [3.63, 3.8) is 0 Å². The first-order valence-electron chi connectivity index (χ1n) is 31.4. The lowest BCUT2D eigenvalue weighted by Gasteiger charge is -2.34. The maximum Gasteiger partial charge on any atom is 0.323 e. The molecule has 2 saturated heterocycles. The number of anilines is 2. The van der Waals surface area contributed by atoms with Gasteiger partial charge in [0.2, 0.25) is 17.7 Å². The Morgan fingerprint density at radius 2 is 1.06 bits per heavy atom. The van der Waals surface area contributed by atoms with Crippen LogP contribution in [0.5, 0.6) is 0 Å². The number of halogens is 1. The molecule has 2 saturated carbocycles. The van der Waals surface area contributed by atoms with Gasteiger partial charge in [-0.2, -0.15) is 0 Å². The number of carboxylic acid groups (broad SMARTS) is 1. The molecule has 8 N–H and O–H groups in total. The quantitative estimate of drug-likeness (QED) is 0.0689. The topological polar surface area (TPSA) is 285 Å². The van der Waals surface area contributed by atoms with Crippen molar-refractivity contribution in [1.82, 2.24) is 48.4 Å². The maximum absolute atomic E-state index is 13.8. The van der Waals surface area contributed by atoms with Crippen molar-refractivity contribution >= 4 is 242 Å². The van der Waals surface area contributed by atoms with Gasteiger partial charge in [0.15, 0.2) is 0 Å². The Morgan fingerprint density at radius 1 is 0.584 bits per heavy atom. The highest BCUT2D eigenvalue weighted by atomic mass is 35.5. The molecule has 10 heterocycles. The first-order valence-corrected chi connectivity index (χ1v) is 51.4. The number of imidazole rings is 2. The first-order chi connectivity index (χ1) is 48.5. The summed E-state index contributed by atoms with van der Waals surface area (Å²) in [7, 11) is 20.0. The highest BCUT2D eigenvalue weighted by Crippen LogP contribution is 2.44. The van der Waals surface area contributed by atoms with E-state index in [4.69, 9.17) is 16.6 Å². The Bertz CT molecular complexity index is 5060. The van der Waals surface area contributed by atoms with E-state index in [-0.39, 0.29) is 61.2 Å². The smallest absolute Gasteiger partial charge is 0.323 e. The highest BCUT2D eigenvalue weighted by Gasteiger charge is 2.51. The van der Waals surface area contributed by atoms with E-state index in [0.717, 1.165) is 128 Å². The van der Waals surface area contributed by atoms with Crippen LogP contribution in [-0.2, 0) is 218 Å². The van der Waals surface area contributed by atoms with E-state index < -0.39 is 23.8 Å². The van der Waals surface area contributed by atoms with Crippen molar-refractivity contribution in [2.24, 2.45) is 23.3 Å². The molecular weight excluding hydrogens is 1630 g/mol. The maximum atomic E-state index is 13.8. The summed E-state index contributed by atoms with van der Waals surface area (Å²) >= 11 is 18.5. The van der Waals surface area contributed by atoms with Crippen LogP contribution in [-0.4, -0.2) is 108 Å². The Morgan fingerprint density at radius 3 is 1.50 bits per heavy atom. The molecule has 6 atom stereocenters. The van der Waals surface area contributed by atoms with Crippen molar-refractivity contribution in [2.45, 2.75) is 141 Å². The molecule has 5 amide bonds. The van der Waals surface area contributed by atoms with Crippen molar-refractivity contribution in [3.8, 4) is 22.5 Å². The zero-order chi connectivity index (χ0) is 70.8. The van der Waals surface area contributed by atoms with E-state index >= 15 is 0 Å². The number of carbonyl (C=O) groups is 6. The number of pyridine rings is 2. The van der Waals surface area contributed by atoms with Crippen LogP contribution in [0, 0.1) is 25.7 Å². The van der Waals surface area contributed by atoms with E-state index in [1.54, 1.807) is 102 Å². The average molecular weight is 1700 g/mol. The lowest BCUT2D eigenvalue weighted by Crippen LogP contribution is -2.51. The number of rotatable bonds is 12. The Labute approximate surface area is 646 Å². The Hall–Kier alpha value is -4.95. The summed E-state index contributed by atoms with van der Waals surface area (Å²) < 4.78 is 7.78. The minimum Gasteiger partial charge on any atom is -0.480 e. The summed E-state index contributed by atoms with van der Waals surface area (Å²) in [6.07, 6.45) is 19.6. The zero-order valence-corrected chi connectivity index (χ0v) is 68.6. The number of carbonyl (C=O) groups excluding carboxylic acids is 5. The number of hydrogen-bond donors (Lipinski definition) is 6. The number of nitrogens with one attached hydrogen (secondary N) is 3. The predicted octanol–water partition coefficient (Wildman–Crippen LogP) is 7.54. The monoisotopic (exact) mass is 1700 g/mol. The van der Waals surface area contributed by atoms with Gasteiger partial charge in [-0.15, -0.1) is 12.4 Å². The number of fused-ring (bicyclic) bond motifs is 8. The number of primary amides is 2. The van der Waals surface area contributed by atoms with Crippen LogP contribution >= 0.6 is 12.4 Å². The molecule has 14 rings (SSSR count). The van der Waals surface area contributed by atoms with Crippen molar-refractivity contribution < 1.29 is 33.9 Å². The van der Waals surface area contributed by atoms with Crippen molar-refractivity contribution in [2.75, 3.05) is 10.6 Å². The van der Waals surface area contributed by atoms with Crippen molar-refractivity contribution in [1.29, 1.82) is 0 Å². The predicted molar refractivity (Wildman–Crippen MR) is 444 cm³/mol. The molecule has 21 nitrogen and oxygen atoms in total. The number of benzene rings is 2. The van der Waals surface area contributed by atoms with Crippen LogP contribution in [0.4, 0.5) is 11.6 Å². The van der Waals surface area contributed by atoms with Crippen LogP contribution in [0.3, 0.4) is 0 Å². The second kappa shape index (κ2) is 39.4. The molecule has 0 radical (unpaired) electrons. The number of nitrogens with zero attached hydrogens (tertiary/aromatic N) is 9. The molecular formula is C62H69ClN14O7S17. The number of aryl methyl sites for hydroxylation is 4. The Kier molecular flexibility index (Phi) is 31.3. The molecule has 4 aliphatic heterocycles. The van der Waals surface area contributed by atoms with Crippen LogP contribution in [0.1, 0.15) is 108 Å². The summed E-state index contributed by atoms with van der Waals surface area (Å²) in [5, 5.41) is 19.6. The summed E-state index contributed by atoms with van der Waals surface area (Å²) in [6.45, 7) is 5.45. The third-order valence-corrected chi connectivity index (χ3v) is 42.2. The highest BCUT2D eigenvalue weighted by molar-refractivity contribution is 8.72. The van der Waals surface area contributed by atoms with Gasteiger partial charge in [-0.05, 0) is 138 Å². The number of aromatic nitrogens is 8. The molecule has 101 heavy (non-hydrogen) atoms. The number of piperidine rings is 2. The van der Waals surface area contributed by atoms with E-state index in [2.05, 4.69) is 89.8 Å². The van der Waals surface area contributed by atoms with Gasteiger partial charge < -0.3 is 55.7 Å². The average Bonchev–Trinajstić information content (AvgIpc) is 1.62. The molecule has 8 aromatic rings. The number of hydrogen-bond acceptors (Lipinski definition) is 15. The van der Waals surface area contributed by atoms with Crippen molar-refractivity contribution in [3.05, 3.63) is 132 Å². The van der Waals surface area contributed by atoms with Gasteiger partial charge >= 0.3 is 5.97 Å². The molecule has 538 valence electrons. The summed E-state index contributed by atoms with van der Waals surface area (Å²) in [5.74, 6) is 1.59. The minimum absolute atomic E-state index is 0. The fourth-order valence-electron chi connectivity index (χ4n) is 13.8. The molecule has 2 aliphatic carbocycles. The number of nitrogens with two attached hydrogens (primary N) is 2. The lowest BCUT2D eigenvalue weighted by atomic mass is 9.97. The number of amides is 5. The number of carboxylic acids is 1. The van der Waals surface area contributed by atoms with Gasteiger partial charge in [0.25, 0.3) is 11.8 Å². The third kappa shape index (κ3) is 21.0. The lowest BCUT2D eigenvalue weighted by molar-refractivity contribution is -0.141. The third-order valence-electron chi connectivity index (χ3n) is 17.8. The fraction of sp³-hybridized carbons (Fsp3) is 0.387. The van der Waals surface area contributed by atoms with E-state index in [1.165, 1.54) is 59.1 Å². The van der Waals surface area contributed by atoms with Gasteiger partial charge in [-0.1, -0.05) is 24.3 Å². The molecule has 2 aromatic carbocycles. The van der Waals surface area contributed by atoms with E-state index in [9.17, 15) is 28.8 Å².